The predicted octanol–water partition coefficient (Wildman–Crippen LogP) is 13.9. The van der Waals surface area contributed by atoms with Crippen molar-refractivity contribution in [3.05, 3.63) is 170 Å². The topological polar surface area (TPSA) is 26.3 Å². The minimum atomic E-state index is 0.899. The molecule has 50 heavy (non-hydrogen) atoms. The fourth-order valence-electron chi connectivity index (χ4n) is 8.19. The smallest absolute Gasteiger partial charge is 0.136 e. The van der Waals surface area contributed by atoms with Crippen LogP contribution in [0.5, 0.6) is 0 Å². The highest BCUT2D eigenvalue weighted by Crippen LogP contribution is 2.46. The van der Waals surface area contributed by atoms with Gasteiger partial charge < -0.3 is 8.83 Å². The summed E-state index contributed by atoms with van der Waals surface area (Å²) < 4.78 is 12.7. The Morgan fingerprint density at radius 3 is 1.30 bits per heavy atom. The van der Waals surface area contributed by atoms with Crippen LogP contribution in [0.3, 0.4) is 0 Å². The lowest BCUT2D eigenvalue weighted by atomic mass is 9.85. The van der Waals surface area contributed by atoms with Gasteiger partial charge in [0.2, 0.25) is 0 Å². The van der Waals surface area contributed by atoms with E-state index in [-0.39, 0.29) is 0 Å². The number of rotatable bonds is 3. The molecule has 0 amide bonds. The summed E-state index contributed by atoms with van der Waals surface area (Å²) >= 11 is 0. The third kappa shape index (κ3) is 3.96. The van der Waals surface area contributed by atoms with Gasteiger partial charge in [-0.1, -0.05) is 127 Å². The molecule has 0 aliphatic carbocycles. The molecule has 0 atom stereocenters. The molecule has 0 aliphatic rings. The van der Waals surface area contributed by atoms with Crippen molar-refractivity contribution < 1.29 is 8.83 Å². The van der Waals surface area contributed by atoms with Gasteiger partial charge in [0.1, 0.15) is 22.3 Å². The molecule has 2 heteroatoms. The van der Waals surface area contributed by atoms with Crippen LogP contribution < -0.4 is 0 Å². The van der Waals surface area contributed by atoms with Crippen LogP contribution in [0, 0.1) is 0 Å². The van der Waals surface area contributed by atoms with Crippen molar-refractivity contribution in [3.8, 4) is 33.4 Å². The minimum absolute atomic E-state index is 0.899. The van der Waals surface area contributed by atoms with E-state index in [4.69, 9.17) is 8.83 Å². The number of benzene rings is 9. The molecule has 232 valence electrons. The molecule has 2 aromatic heterocycles. The summed E-state index contributed by atoms with van der Waals surface area (Å²) in [6.07, 6.45) is 0. The fraction of sp³-hybridized carbons (Fsp3) is 0. The normalized spacial score (nSPS) is 12.0. The maximum atomic E-state index is 6.36. The number of fused-ring (bicyclic) bond motifs is 9. The highest BCUT2D eigenvalue weighted by Gasteiger charge is 2.19. The second kappa shape index (κ2) is 10.4. The van der Waals surface area contributed by atoms with Crippen LogP contribution in [0.15, 0.2) is 179 Å². The van der Waals surface area contributed by atoms with Gasteiger partial charge in [0.25, 0.3) is 0 Å². The molecule has 0 unspecified atom stereocenters. The first-order valence-electron chi connectivity index (χ1n) is 17.1. The molecule has 0 spiro atoms. The molecule has 9 aromatic carbocycles. The van der Waals surface area contributed by atoms with E-state index in [1.807, 2.05) is 24.3 Å². The molecule has 0 saturated carbocycles. The number of hydrogen-bond acceptors (Lipinski definition) is 2. The van der Waals surface area contributed by atoms with E-state index in [1.165, 1.54) is 54.6 Å². The molecule has 0 aliphatic heterocycles. The largest absolute Gasteiger partial charge is 0.456 e. The second-order valence-corrected chi connectivity index (χ2v) is 13.2. The molecule has 0 N–H and O–H groups in total. The monoisotopic (exact) mass is 636 g/mol. The number of furan rings is 2. The van der Waals surface area contributed by atoms with Crippen molar-refractivity contribution in [2.45, 2.75) is 0 Å². The quantitative estimate of drug-likeness (QED) is 0.180. The Morgan fingerprint density at radius 1 is 0.260 bits per heavy atom. The van der Waals surface area contributed by atoms with Gasteiger partial charge in [-0.2, -0.15) is 0 Å². The van der Waals surface area contributed by atoms with Crippen molar-refractivity contribution >= 4 is 76.2 Å². The molecule has 11 rings (SSSR count). The Morgan fingerprint density at radius 2 is 0.700 bits per heavy atom. The molecule has 11 aromatic rings. The highest BCUT2D eigenvalue weighted by molar-refractivity contribution is 6.22. The van der Waals surface area contributed by atoms with Crippen molar-refractivity contribution in [1.29, 1.82) is 0 Å². The summed E-state index contributed by atoms with van der Waals surface area (Å²) in [6.45, 7) is 0. The summed E-state index contributed by atoms with van der Waals surface area (Å²) in [5, 5.41) is 11.9. The zero-order valence-electron chi connectivity index (χ0n) is 27.0. The van der Waals surface area contributed by atoms with Crippen LogP contribution in [0.1, 0.15) is 0 Å². The molecule has 2 nitrogen and oxygen atoms in total. The van der Waals surface area contributed by atoms with E-state index in [0.29, 0.717) is 0 Å². The minimum Gasteiger partial charge on any atom is -0.456 e. The van der Waals surface area contributed by atoms with Crippen LogP contribution in [0.2, 0.25) is 0 Å². The van der Waals surface area contributed by atoms with Crippen LogP contribution in [0.25, 0.3) is 110 Å². The first-order chi connectivity index (χ1) is 24.8. The van der Waals surface area contributed by atoms with Crippen molar-refractivity contribution in [1.82, 2.24) is 0 Å². The standard InChI is InChI=1S/C48H28O2/c1-2-12-32-29(10-1)11-7-17-39(32)48-40-18-8-15-33(30-22-24-37-35-13-3-5-20-44(35)49-46(37)26-30)42(40)28-43-34(16-9-19-41(43)48)31-23-25-38-36-14-4-6-21-45(36)50-47(38)27-31/h1-28H. The van der Waals surface area contributed by atoms with Gasteiger partial charge in [-0.25, -0.2) is 0 Å². The van der Waals surface area contributed by atoms with E-state index >= 15 is 0 Å². The Labute approximate surface area is 287 Å². The summed E-state index contributed by atoms with van der Waals surface area (Å²) in [6, 6.07) is 61.0. The lowest BCUT2D eigenvalue weighted by molar-refractivity contribution is 0.668. The summed E-state index contributed by atoms with van der Waals surface area (Å²) in [5.41, 5.74) is 10.7. The third-order valence-corrected chi connectivity index (χ3v) is 10.5. The molecule has 0 saturated heterocycles. The SMILES string of the molecule is c1ccc2c(-c3c4cccc(-c5ccc6c(c5)oc5ccccc56)c4cc4c(-c5ccc6c(c5)oc5ccccc56)cccc34)cccc2c1. The number of para-hydroxylation sites is 2. The van der Waals surface area contributed by atoms with Crippen LogP contribution in [-0.4, -0.2) is 0 Å². The molecule has 0 bridgehead atoms. The highest BCUT2D eigenvalue weighted by atomic mass is 16.3. The third-order valence-electron chi connectivity index (χ3n) is 10.5. The predicted molar refractivity (Wildman–Crippen MR) is 210 cm³/mol. The van der Waals surface area contributed by atoms with Gasteiger partial charge in [0.05, 0.1) is 0 Å². The summed E-state index contributed by atoms with van der Waals surface area (Å²) in [4.78, 5) is 0. The van der Waals surface area contributed by atoms with Crippen LogP contribution >= 0.6 is 0 Å². The zero-order chi connectivity index (χ0) is 32.8. The molecule has 0 fully saturated rings. The Balaban J connectivity index is 1.23. The number of hydrogen-bond donors (Lipinski definition) is 0. The summed E-state index contributed by atoms with van der Waals surface area (Å²) in [5.74, 6) is 0. The molecule has 2 heterocycles. The van der Waals surface area contributed by atoms with Gasteiger partial charge in [0, 0.05) is 21.5 Å². The summed E-state index contributed by atoms with van der Waals surface area (Å²) in [7, 11) is 0. The van der Waals surface area contributed by atoms with E-state index in [2.05, 4.69) is 146 Å². The maximum absolute atomic E-state index is 6.36. The average molecular weight is 637 g/mol. The van der Waals surface area contributed by atoms with E-state index < -0.39 is 0 Å². The van der Waals surface area contributed by atoms with Gasteiger partial charge in [-0.3, -0.25) is 0 Å². The van der Waals surface area contributed by atoms with Gasteiger partial charge in [-0.05, 0) is 108 Å². The van der Waals surface area contributed by atoms with E-state index in [9.17, 15) is 0 Å². The van der Waals surface area contributed by atoms with Gasteiger partial charge in [0.15, 0.2) is 0 Å². The van der Waals surface area contributed by atoms with Crippen molar-refractivity contribution in [2.24, 2.45) is 0 Å². The fourth-order valence-corrected chi connectivity index (χ4v) is 8.19. The van der Waals surface area contributed by atoms with Crippen molar-refractivity contribution in [3.63, 3.8) is 0 Å². The van der Waals surface area contributed by atoms with E-state index in [0.717, 1.165) is 55.0 Å². The van der Waals surface area contributed by atoms with E-state index in [1.54, 1.807) is 0 Å². The van der Waals surface area contributed by atoms with Crippen LogP contribution in [0.4, 0.5) is 0 Å². The first kappa shape index (κ1) is 27.3. The molecule has 0 radical (unpaired) electrons. The lowest BCUT2D eigenvalue weighted by Crippen LogP contribution is -1.91. The molecular weight excluding hydrogens is 609 g/mol. The first-order valence-corrected chi connectivity index (χ1v) is 17.1. The Bertz CT molecular complexity index is 2980. The van der Waals surface area contributed by atoms with Crippen LogP contribution in [-0.2, 0) is 0 Å². The van der Waals surface area contributed by atoms with Gasteiger partial charge >= 0.3 is 0 Å². The molecular formula is C48H28O2. The second-order valence-electron chi connectivity index (χ2n) is 13.2. The van der Waals surface area contributed by atoms with Gasteiger partial charge in [-0.15, -0.1) is 0 Å². The lowest BCUT2D eigenvalue weighted by Gasteiger charge is -2.18. The Hall–Kier alpha value is -6.64. The van der Waals surface area contributed by atoms with Crippen molar-refractivity contribution in [2.75, 3.05) is 0 Å². The maximum Gasteiger partial charge on any atom is 0.136 e. The average Bonchev–Trinajstić information content (AvgIpc) is 3.74. The Kier molecular flexibility index (Phi) is 5.70. The zero-order valence-corrected chi connectivity index (χ0v) is 27.0.